The third-order valence-corrected chi connectivity index (χ3v) is 11.7. The lowest BCUT2D eigenvalue weighted by Crippen LogP contribution is -2.12. The molecule has 0 saturated heterocycles. The van der Waals surface area contributed by atoms with Crippen molar-refractivity contribution in [2.75, 3.05) is 0 Å². The number of nitrogens with zero attached hydrogens (tertiary/aromatic N) is 3. The number of fused-ring (bicyclic) bond motifs is 7. The molecule has 2 aliphatic carbocycles. The average molecular weight is 740 g/mol. The van der Waals surface area contributed by atoms with Gasteiger partial charge in [-0.2, -0.15) is 0 Å². The monoisotopic (exact) mass is 739 g/mol. The van der Waals surface area contributed by atoms with E-state index in [0.29, 0.717) is 11.7 Å². The molecule has 272 valence electrons. The maximum absolute atomic E-state index is 5.32. The van der Waals surface area contributed by atoms with Gasteiger partial charge in [-0.1, -0.05) is 158 Å². The SMILES string of the molecule is C1=C(c2cccc(-c3nc(-c4cccc(-c5cccnc5)c4)cc(-c4cccc(-c5ccc6ccccc6c5)c4)n3)c2)C=C2c3ccccc3-c3ccccc3C2C1. The summed E-state index contributed by atoms with van der Waals surface area (Å²) in [6.07, 6.45) is 9.48. The number of hydrogen-bond donors (Lipinski definition) is 0. The van der Waals surface area contributed by atoms with E-state index in [0.717, 1.165) is 56.8 Å². The number of rotatable bonds is 6. The lowest BCUT2D eigenvalue weighted by Gasteiger charge is -2.32. The Bertz CT molecular complexity index is 3100. The van der Waals surface area contributed by atoms with Crippen LogP contribution >= 0.6 is 0 Å². The molecule has 2 aliphatic rings. The van der Waals surface area contributed by atoms with Crippen molar-refractivity contribution in [3.63, 3.8) is 0 Å². The lowest BCUT2D eigenvalue weighted by atomic mass is 9.71. The molecule has 0 N–H and O–H groups in total. The normalized spacial score (nSPS) is 14.2. The van der Waals surface area contributed by atoms with E-state index in [2.05, 4.69) is 193 Å². The molecule has 7 aromatic carbocycles. The second kappa shape index (κ2) is 14.2. The molecule has 11 rings (SSSR count). The number of allylic oxidation sites excluding steroid dienone is 4. The molecule has 2 heterocycles. The van der Waals surface area contributed by atoms with Crippen LogP contribution in [0, 0.1) is 0 Å². The van der Waals surface area contributed by atoms with E-state index in [4.69, 9.17) is 9.97 Å². The van der Waals surface area contributed by atoms with E-state index in [9.17, 15) is 0 Å². The van der Waals surface area contributed by atoms with Crippen molar-refractivity contribution in [1.82, 2.24) is 15.0 Å². The van der Waals surface area contributed by atoms with Crippen molar-refractivity contribution in [1.29, 1.82) is 0 Å². The maximum Gasteiger partial charge on any atom is 0.160 e. The molecule has 3 heteroatoms. The average Bonchev–Trinajstić information content (AvgIpc) is 3.31. The van der Waals surface area contributed by atoms with Gasteiger partial charge in [0.15, 0.2) is 5.82 Å². The maximum atomic E-state index is 5.32. The van der Waals surface area contributed by atoms with Gasteiger partial charge < -0.3 is 0 Å². The molecule has 9 aromatic rings. The Morgan fingerprint density at radius 3 is 1.79 bits per heavy atom. The molecule has 0 spiro atoms. The van der Waals surface area contributed by atoms with Gasteiger partial charge in [0.1, 0.15) is 0 Å². The van der Waals surface area contributed by atoms with Gasteiger partial charge in [0.25, 0.3) is 0 Å². The fourth-order valence-electron chi connectivity index (χ4n) is 8.80. The minimum Gasteiger partial charge on any atom is -0.264 e. The van der Waals surface area contributed by atoms with Gasteiger partial charge >= 0.3 is 0 Å². The number of pyridine rings is 1. The number of benzene rings is 7. The zero-order valence-electron chi connectivity index (χ0n) is 31.8. The van der Waals surface area contributed by atoms with Crippen LogP contribution in [0.1, 0.15) is 29.0 Å². The molecule has 2 aromatic heterocycles. The predicted molar refractivity (Wildman–Crippen MR) is 240 cm³/mol. The van der Waals surface area contributed by atoms with Gasteiger partial charge in [0, 0.05) is 40.6 Å². The van der Waals surface area contributed by atoms with E-state index in [1.807, 2.05) is 18.5 Å². The molecule has 0 radical (unpaired) electrons. The van der Waals surface area contributed by atoms with E-state index < -0.39 is 0 Å². The van der Waals surface area contributed by atoms with Gasteiger partial charge in [-0.3, -0.25) is 4.98 Å². The Balaban J connectivity index is 1.02. The van der Waals surface area contributed by atoms with Gasteiger partial charge in [0.2, 0.25) is 0 Å². The van der Waals surface area contributed by atoms with E-state index in [1.54, 1.807) is 0 Å². The predicted octanol–water partition coefficient (Wildman–Crippen LogP) is 14.0. The summed E-state index contributed by atoms with van der Waals surface area (Å²) in [5.41, 5.74) is 18.4. The van der Waals surface area contributed by atoms with E-state index >= 15 is 0 Å². The van der Waals surface area contributed by atoms with Crippen LogP contribution in [0.4, 0.5) is 0 Å². The van der Waals surface area contributed by atoms with Crippen molar-refractivity contribution in [3.8, 4) is 67.3 Å². The second-order valence-electron chi connectivity index (χ2n) is 15.2. The van der Waals surface area contributed by atoms with Crippen LogP contribution in [-0.4, -0.2) is 15.0 Å². The lowest BCUT2D eigenvalue weighted by molar-refractivity contribution is 0.871. The highest BCUT2D eigenvalue weighted by Gasteiger charge is 2.30. The molecular formula is C55H37N3. The zero-order valence-corrected chi connectivity index (χ0v) is 31.8. The van der Waals surface area contributed by atoms with Gasteiger partial charge in [-0.05, 0) is 109 Å². The summed E-state index contributed by atoms with van der Waals surface area (Å²) < 4.78 is 0. The van der Waals surface area contributed by atoms with Crippen LogP contribution in [0.15, 0.2) is 207 Å². The number of hydrogen-bond acceptors (Lipinski definition) is 3. The standard InChI is InChI=1S/C55H37N3/c1-2-12-37-29-41(25-24-36(37)11-1)38-13-7-16-43(30-38)53-34-54(44-17-8-15-40(31-44)46-19-10-28-56-35-46)58-55(57-53)45-18-9-14-39(32-45)42-26-27-51-49-22-4-3-20-47(49)48-21-5-6-23-50(48)52(51)33-42/h1-26,28-35,51H,27H2. The first-order chi connectivity index (χ1) is 28.7. The van der Waals surface area contributed by atoms with Crippen LogP contribution < -0.4 is 0 Å². The van der Waals surface area contributed by atoms with Crippen LogP contribution in [-0.2, 0) is 0 Å². The van der Waals surface area contributed by atoms with Gasteiger partial charge in [-0.15, -0.1) is 0 Å². The summed E-state index contributed by atoms with van der Waals surface area (Å²) in [6, 6.07) is 65.1. The van der Waals surface area contributed by atoms with E-state index in [1.165, 1.54) is 49.7 Å². The summed E-state index contributed by atoms with van der Waals surface area (Å²) in [4.78, 5) is 15.0. The summed E-state index contributed by atoms with van der Waals surface area (Å²) >= 11 is 0. The highest BCUT2D eigenvalue weighted by Crippen LogP contribution is 2.51. The van der Waals surface area contributed by atoms with Crippen molar-refractivity contribution >= 4 is 21.9 Å². The van der Waals surface area contributed by atoms with Gasteiger partial charge in [0.05, 0.1) is 11.4 Å². The molecule has 0 bridgehead atoms. The first kappa shape index (κ1) is 33.8. The van der Waals surface area contributed by atoms with Crippen LogP contribution in [0.5, 0.6) is 0 Å². The largest absolute Gasteiger partial charge is 0.264 e. The summed E-state index contributed by atoms with van der Waals surface area (Å²) in [5.74, 6) is 1.03. The minimum absolute atomic E-state index is 0.341. The van der Waals surface area contributed by atoms with Crippen LogP contribution in [0.25, 0.3) is 89.2 Å². The molecule has 58 heavy (non-hydrogen) atoms. The first-order valence-corrected chi connectivity index (χ1v) is 19.9. The molecule has 1 atom stereocenters. The number of aromatic nitrogens is 3. The summed E-state index contributed by atoms with van der Waals surface area (Å²) in [6.45, 7) is 0. The molecule has 3 nitrogen and oxygen atoms in total. The third kappa shape index (κ3) is 6.14. The van der Waals surface area contributed by atoms with Crippen LogP contribution in [0.3, 0.4) is 0 Å². The fraction of sp³-hybridized carbons (Fsp3) is 0.0364. The Kier molecular flexibility index (Phi) is 8.29. The topological polar surface area (TPSA) is 38.7 Å². The van der Waals surface area contributed by atoms with Crippen molar-refractivity contribution in [2.24, 2.45) is 0 Å². The van der Waals surface area contributed by atoms with Crippen molar-refractivity contribution < 1.29 is 0 Å². The quantitative estimate of drug-likeness (QED) is 0.170. The Hall–Kier alpha value is -7.49. The Labute approximate surface area is 338 Å². The summed E-state index contributed by atoms with van der Waals surface area (Å²) in [5, 5.41) is 2.46. The molecular weight excluding hydrogens is 703 g/mol. The third-order valence-electron chi connectivity index (χ3n) is 11.7. The smallest absolute Gasteiger partial charge is 0.160 e. The highest BCUT2D eigenvalue weighted by atomic mass is 14.9. The van der Waals surface area contributed by atoms with Crippen molar-refractivity contribution in [2.45, 2.75) is 12.3 Å². The zero-order chi connectivity index (χ0) is 38.4. The van der Waals surface area contributed by atoms with Crippen molar-refractivity contribution in [3.05, 3.63) is 223 Å². The second-order valence-corrected chi connectivity index (χ2v) is 15.2. The molecule has 0 saturated carbocycles. The highest BCUT2D eigenvalue weighted by molar-refractivity contribution is 5.97. The first-order valence-electron chi connectivity index (χ1n) is 19.9. The summed E-state index contributed by atoms with van der Waals surface area (Å²) in [7, 11) is 0. The molecule has 0 fully saturated rings. The Morgan fingerprint density at radius 1 is 0.414 bits per heavy atom. The Morgan fingerprint density at radius 2 is 1.02 bits per heavy atom. The fourth-order valence-corrected chi connectivity index (χ4v) is 8.80. The minimum atomic E-state index is 0.341. The molecule has 0 amide bonds. The van der Waals surface area contributed by atoms with Gasteiger partial charge in [-0.25, -0.2) is 9.97 Å². The molecule has 1 unspecified atom stereocenters. The van der Waals surface area contributed by atoms with E-state index in [-0.39, 0.29) is 0 Å². The van der Waals surface area contributed by atoms with Crippen LogP contribution in [0.2, 0.25) is 0 Å². The molecule has 0 aliphatic heterocycles.